The molecular weight excluding hydrogens is 186 g/mol. The first-order chi connectivity index (χ1) is 6.66. The zero-order valence-electron chi connectivity index (χ0n) is 8.39. The maximum Gasteiger partial charge on any atom is 0.201 e. The van der Waals surface area contributed by atoms with E-state index in [4.69, 9.17) is 10.6 Å². The molecule has 0 saturated heterocycles. The van der Waals surface area contributed by atoms with E-state index >= 15 is 0 Å². The molecule has 1 rings (SSSR count). The van der Waals surface area contributed by atoms with Crippen LogP contribution < -0.4 is 5.73 Å². The van der Waals surface area contributed by atoms with Crippen molar-refractivity contribution in [2.75, 3.05) is 26.4 Å². The second-order valence-electron chi connectivity index (χ2n) is 2.73. The number of oxime groups is 1. The van der Waals surface area contributed by atoms with E-state index in [9.17, 15) is 0 Å². The van der Waals surface area contributed by atoms with Gasteiger partial charge in [0.25, 0.3) is 0 Å². The number of nitrogens with two attached hydrogens (primary N) is 1. The third-order valence-corrected chi connectivity index (χ3v) is 1.43. The quantitative estimate of drug-likeness (QED) is 0.415. The van der Waals surface area contributed by atoms with Crippen LogP contribution in [0, 0.1) is 0 Å². The number of anilines is 1. The van der Waals surface area contributed by atoms with Gasteiger partial charge in [-0.2, -0.15) is 0 Å². The zero-order chi connectivity index (χ0) is 10.6. The molecule has 1 aromatic heterocycles. The highest BCUT2D eigenvalue weighted by Gasteiger charge is 2.16. The average molecular weight is 199 g/mol. The van der Waals surface area contributed by atoms with Crippen molar-refractivity contribution in [1.29, 1.82) is 0 Å². The highest BCUT2D eigenvalue weighted by Crippen LogP contribution is 2.07. The van der Waals surface area contributed by atoms with Crippen LogP contribution in [0.15, 0.2) is 9.78 Å². The normalized spacial score (nSPS) is 11.5. The van der Waals surface area contributed by atoms with Gasteiger partial charge in [-0.1, -0.05) is 5.16 Å². The van der Waals surface area contributed by atoms with Crippen LogP contribution in [0.3, 0.4) is 0 Å². The SMILES string of the molecule is CCO/N=C(\c1nonc1N)N(C)C. The molecule has 1 heterocycles. The van der Waals surface area contributed by atoms with Crippen molar-refractivity contribution < 1.29 is 9.47 Å². The van der Waals surface area contributed by atoms with E-state index in [1.807, 2.05) is 6.92 Å². The number of nitrogens with zero attached hydrogens (tertiary/aromatic N) is 4. The highest BCUT2D eigenvalue weighted by molar-refractivity contribution is 5.99. The predicted molar refractivity (Wildman–Crippen MR) is 50.6 cm³/mol. The van der Waals surface area contributed by atoms with Crippen LogP contribution >= 0.6 is 0 Å². The van der Waals surface area contributed by atoms with Gasteiger partial charge in [-0.15, -0.1) is 0 Å². The van der Waals surface area contributed by atoms with Crippen LogP contribution in [0.2, 0.25) is 0 Å². The van der Waals surface area contributed by atoms with Gasteiger partial charge >= 0.3 is 0 Å². The van der Waals surface area contributed by atoms with Crippen LogP contribution in [0.25, 0.3) is 0 Å². The fraction of sp³-hybridized carbons (Fsp3) is 0.571. The molecule has 2 N–H and O–H groups in total. The van der Waals surface area contributed by atoms with Gasteiger partial charge in [-0.05, 0) is 17.2 Å². The first-order valence-electron chi connectivity index (χ1n) is 4.12. The Kier molecular flexibility index (Phi) is 3.27. The lowest BCUT2D eigenvalue weighted by Crippen LogP contribution is -2.24. The summed E-state index contributed by atoms with van der Waals surface area (Å²) in [4.78, 5) is 6.63. The lowest BCUT2D eigenvalue weighted by Gasteiger charge is -2.11. The minimum atomic E-state index is 0.192. The summed E-state index contributed by atoms with van der Waals surface area (Å²) in [5, 5.41) is 10.9. The van der Waals surface area contributed by atoms with E-state index < -0.39 is 0 Å². The van der Waals surface area contributed by atoms with Crippen molar-refractivity contribution in [3.8, 4) is 0 Å². The molecule has 0 atom stereocenters. The molecule has 14 heavy (non-hydrogen) atoms. The first-order valence-corrected chi connectivity index (χ1v) is 4.12. The minimum Gasteiger partial charge on any atom is -0.394 e. The summed E-state index contributed by atoms with van der Waals surface area (Å²) in [6.45, 7) is 2.31. The Bertz CT molecular complexity index is 320. The Labute approximate surface area is 81.5 Å². The van der Waals surface area contributed by atoms with E-state index in [2.05, 4.69) is 20.1 Å². The standard InChI is InChI=1S/C7H13N5O2/c1-4-13-11-7(12(2)3)5-6(8)10-14-9-5/h4H2,1-3H3,(H2,8,10)/b11-7+. The van der Waals surface area contributed by atoms with Gasteiger partial charge < -0.3 is 15.5 Å². The van der Waals surface area contributed by atoms with Gasteiger partial charge in [0.05, 0.1) is 0 Å². The monoisotopic (exact) mass is 199 g/mol. The minimum absolute atomic E-state index is 0.192. The Balaban J connectivity index is 2.95. The van der Waals surface area contributed by atoms with Gasteiger partial charge in [0.1, 0.15) is 6.61 Å². The van der Waals surface area contributed by atoms with Crippen molar-refractivity contribution in [3.05, 3.63) is 5.69 Å². The number of hydrogen-bond donors (Lipinski definition) is 1. The lowest BCUT2D eigenvalue weighted by molar-refractivity contribution is 0.155. The molecule has 0 spiro atoms. The number of aromatic nitrogens is 2. The second-order valence-corrected chi connectivity index (χ2v) is 2.73. The smallest absolute Gasteiger partial charge is 0.201 e. The topological polar surface area (TPSA) is 89.8 Å². The molecule has 0 unspecified atom stereocenters. The molecule has 0 aromatic carbocycles. The van der Waals surface area contributed by atoms with Crippen molar-refractivity contribution in [2.45, 2.75) is 6.92 Å². The van der Waals surface area contributed by atoms with E-state index in [0.717, 1.165) is 0 Å². The number of hydrogen-bond acceptors (Lipinski definition) is 6. The van der Waals surface area contributed by atoms with Crippen LogP contribution in [0.5, 0.6) is 0 Å². The van der Waals surface area contributed by atoms with Gasteiger partial charge in [0.15, 0.2) is 11.5 Å². The Morgan fingerprint density at radius 2 is 2.29 bits per heavy atom. The predicted octanol–water partition coefficient (Wildman–Crippen LogP) is -0.0885. The molecule has 0 aliphatic carbocycles. The van der Waals surface area contributed by atoms with Gasteiger partial charge in [0, 0.05) is 14.1 Å². The average Bonchev–Trinajstić information content (AvgIpc) is 2.52. The van der Waals surface area contributed by atoms with Crippen molar-refractivity contribution in [3.63, 3.8) is 0 Å². The van der Waals surface area contributed by atoms with E-state index in [0.29, 0.717) is 18.1 Å². The van der Waals surface area contributed by atoms with Crippen molar-refractivity contribution >= 4 is 11.7 Å². The summed E-state index contributed by atoms with van der Waals surface area (Å²) in [6, 6.07) is 0. The molecule has 0 bridgehead atoms. The Morgan fingerprint density at radius 3 is 2.71 bits per heavy atom. The number of amidine groups is 1. The summed E-state index contributed by atoms with van der Waals surface area (Å²) >= 11 is 0. The Hall–Kier alpha value is -1.79. The van der Waals surface area contributed by atoms with E-state index in [1.165, 1.54) is 0 Å². The molecule has 0 amide bonds. The molecule has 7 nitrogen and oxygen atoms in total. The summed E-state index contributed by atoms with van der Waals surface area (Å²) in [5.74, 6) is 0.669. The summed E-state index contributed by atoms with van der Waals surface area (Å²) in [7, 11) is 3.60. The van der Waals surface area contributed by atoms with Crippen molar-refractivity contribution in [2.24, 2.45) is 5.16 Å². The molecule has 0 aliphatic heterocycles. The molecule has 7 heteroatoms. The van der Waals surface area contributed by atoms with E-state index in [-0.39, 0.29) is 5.82 Å². The van der Waals surface area contributed by atoms with Crippen LogP contribution in [0.4, 0.5) is 5.82 Å². The third kappa shape index (κ3) is 2.12. The van der Waals surface area contributed by atoms with Gasteiger partial charge in [-0.25, -0.2) is 4.63 Å². The largest absolute Gasteiger partial charge is 0.394 e. The number of nitrogen functional groups attached to an aromatic ring is 1. The second kappa shape index (κ2) is 4.45. The number of rotatable bonds is 3. The fourth-order valence-electron chi connectivity index (χ4n) is 0.813. The molecule has 0 aliphatic rings. The molecule has 0 fully saturated rings. The maximum atomic E-state index is 5.52. The highest BCUT2D eigenvalue weighted by atomic mass is 16.6. The van der Waals surface area contributed by atoms with Gasteiger partial charge in [0.2, 0.25) is 5.84 Å². The third-order valence-electron chi connectivity index (χ3n) is 1.43. The molecule has 1 aromatic rings. The molecule has 0 saturated carbocycles. The fourth-order valence-corrected chi connectivity index (χ4v) is 0.813. The lowest BCUT2D eigenvalue weighted by atomic mass is 10.4. The van der Waals surface area contributed by atoms with Crippen molar-refractivity contribution in [1.82, 2.24) is 15.2 Å². The zero-order valence-corrected chi connectivity index (χ0v) is 8.39. The summed E-state index contributed by atoms with van der Waals surface area (Å²) in [5.41, 5.74) is 5.90. The summed E-state index contributed by atoms with van der Waals surface area (Å²) < 4.78 is 4.47. The molecule has 78 valence electrons. The maximum absolute atomic E-state index is 5.52. The van der Waals surface area contributed by atoms with Crippen LogP contribution in [-0.2, 0) is 4.84 Å². The molecular formula is C7H13N5O2. The van der Waals surface area contributed by atoms with Gasteiger partial charge in [-0.3, -0.25) is 0 Å². The van der Waals surface area contributed by atoms with Crippen LogP contribution in [-0.4, -0.2) is 41.8 Å². The van der Waals surface area contributed by atoms with E-state index in [1.54, 1.807) is 19.0 Å². The van der Waals surface area contributed by atoms with Crippen LogP contribution in [0.1, 0.15) is 12.6 Å². The molecule has 0 radical (unpaired) electrons. The summed E-state index contributed by atoms with van der Waals surface area (Å²) in [6.07, 6.45) is 0. The Morgan fingerprint density at radius 1 is 1.57 bits per heavy atom. The first kappa shape index (κ1) is 10.3.